The molecule has 0 N–H and O–H groups in total. The van der Waals surface area contributed by atoms with E-state index in [0.29, 0.717) is 35.5 Å². The summed E-state index contributed by atoms with van der Waals surface area (Å²) in [4.78, 5) is 30.5. The number of pyridine rings is 1. The third-order valence-electron chi connectivity index (χ3n) is 5.49. The van der Waals surface area contributed by atoms with E-state index in [1.807, 2.05) is 0 Å². The Morgan fingerprint density at radius 1 is 1.03 bits per heavy atom. The van der Waals surface area contributed by atoms with Gasteiger partial charge in [0.25, 0.3) is 5.56 Å². The zero-order chi connectivity index (χ0) is 22.1. The predicted molar refractivity (Wildman–Crippen MR) is 107 cm³/mol. The van der Waals surface area contributed by atoms with Crippen LogP contribution in [0.15, 0.2) is 40.1 Å². The smallest absolute Gasteiger partial charge is 0.331 e. The molecule has 0 spiro atoms. The van der Waals surface area contributed by atoms with Crippen molar-refractivity contribution in [1.29, 1.82) is 0 Å². The number of methoxy groups -OCH3 is 1. The molecular formula is C22H20F3N3O3. The van der Waals surface area contributed by atoms with Crippen LogP contribution in [-0.4, -0.2) is 21.2 Å². The largest absolute Gasteiger partial charge is 0.481 e. The summed E-state index contributed by atoms with van der Waals surface area (Å²) in [5.41, 5.74) is 0.707. The number of hydrogen-bond acceptors (Lipinski definition) is 4. The topological polar surface area (TPSA) is 66.1 Å². The summed E-state index contributed by atoms with van der Waals surface area (Å²) in [7, 11) is 1.44. The molecule has 0 fully saturated rings. The van der Waals surface area contributed by atoms with E-state index in [1.54, 1.807) is 12.1 Å². The molecule has 0 saturated carbocycles. The first-order chi connectivity index (χ1) is 14.9. The molecule has 1 aliphatic rings. The maximum absolute atomic E-state index is 13.7. The summed E-state index contributed by atoms with van der Waals surface area (Å²) < 4.78 is 48.4. The molecule has 2 heterocycles. The highest BCUT2D eigenvalue weighted by Crippen LogP contribution is 2.20. The minimum Gasteiger partial charge on any atom is -0.481 e. The Hall–Kier alpha value is -3.36. The predicted octanol–water partition coefficient (Wildman–Crippen LogP) is 2.81. The third-order valence-corrected chi connectivity index (χ3v) is 5.49. The lowest BCUT2D eigenvalue weighted by Gasteiger charge is -2.23. The molecule has 2 aromatic heterocycles. The van der Waals surface area contributed by atoms with Gasteiger partial charge in [-0.25, -0.2) is 22.9 Å². The highest BCUT2D eigenvalue weighted by Gasteiger charge is 2.23. The number of aromatic nitrogens is 3. The molecule has 0 aliphatic heterocycles. The van der Waals surface area contributed by atoms with Crippen molar-refractivity contribution in [2.45, 2.75) is 38.8 Å². The van der Waals surface area contributed by atoms with Crippen LogP contribution in [-0.2, 0) is 25.9 Å². The second kappa shape index (κ2) is 8.41. The third kappa shape index (κ3) is 3.87. The number of benzene rings is 1. The van der Waals surface area contributed by atoms with Gasteiger partial charge in [0.05, 0.1) is 20.2 Å². The number of nitrogens with zero attached hydrogens (tertiary/aromatic N) is 3. The number of rotatable bonds is 5. The first-order valence-corrected chi connectivity index (χ1v) is 9.87. The van der Waals surface area contributed by atoms with Gasteiger partial charge in [-0.05, 0) is 49.4 Å². The highest BCUT2D eigenvalue weighted by atomic mass is 19.2. The number of ether oxygens (including phenoxy) is 1. The van der Waals surface area contributed by atoms with Gasteiger partial charge in [0.15, 0.2) is 17.5 Å². The standard InChI is InChI=1S/C22H20F3N3O3/c1-31-20-14(5-4-8-26-20)12-28-21(29)15-6-2-3-7-18(15)27(22(28)30)11-13-9-16(23)19(25)17(24)10-13/h4-5,8-10H,2-3,6-7,11-12H2,1H3. The second-order valence-electron chi connectivity index (χ2n) is 7.44. The van der Waals surface area contributed by atoms with Crippen molar-refractivity contribution in [3.63, 3.8) is 0 Å². The fourth-order valence-corrected chi connectivity index (χ4v) is 4.01. The van der Waals surface area contributed by atoms with E-state index < -0.39 is 28.7 Å². The van der Waals surface area contributed by atoms with E-state index in [1.165, 1.54) is 17.9 Å². The van der Waals surface area contributed by atoms with Gasteiger partial charge < -0.3 is 4.74 Å². The van der Waals surface area contributed by atoms with Gasteiger partial charge in [0.1, 0.15) is 0 Å². The number of halogens is 3. The molecule has 0 amide bonds. The van der Waals surface area contributed by atoms with Crippen molar-refractivity contribution in [2.75, 3.05) is 7.11 Å². The van der Waals surface area contributed by atoms with Crippen molar-refractivity contribution in [1.82, 2.24) is 14.1 Å². The van der Waals surface area contributed by atoms with E-state index >= 15 is 0 Å². The molecule has 3 aromatic rings. The summed E-state index contributed by atoms with van der Waals surface area (Å²) in [5, 5.41) is 0. The fraction of sp³-hybridized carbons (Fsp3) is 0.318. The maximum atomic E-state index is 13.7. The van der Waals surface area contributed by atoms with E-state index in [0.717, 1.165) is 29.5 Å². The molecule has 162 valence electrons. The number of fused-ring (bicyclic) bond motifs is 1. The number of hydrogen-bond donors (Lipinski definition) is 0. The molecule has 0 saturated heterocycles. The van der Waals surface area contributed by atoms with E-state index in [-0.39, 0.29) is 18.7 Å². The van der Waals surface area contributed by atoms with Crippen LogP contribution >= 0.6 is 0 Å². The Kier molecular flexibility index (Phi) is 5.67. The van der Waals surface area contributed by atoms with Gasteiger partial charge in [0, 0.05) is 23.0 Å². The summed E-state index contributed by atoms with van der Waals surface area (Å²) in [6.45, 7) is -0.242. The molecule has 1 aliphatic carbocycles. The van der Waals surface area contributed by atoms with E-state index in [9.17, 15) is 22.8 Å². The van der Waals surface area contributed by atoms with Gasteiger partial charge in [-0.3, -0.25) is 13.9 Å². The molecule has 0 unspecified atom stereocenters. The second-order valence-corrected chi connectivity index (χ2v) is 7.44. The Balaban J connectivity index is 1.86. The minimum atomic E-state index is -1.56. The Labute approximate surface area is 175 Å². The highest BCUT2D eigenvalue weighted by molar-refractivity contribution is 5.28. The van der Waals surface area contributed by atoms with Gasteiger partial charge in [-0.1, -0.05) is 6.07 Å². The molecule has 0 radical (unpaired) electrons. The average Bonchev–Trinajstić information content (AvgIpc) is 2.78. The monoisotopic (exact) mass is 431 g/mol. The summed E-state index contributed by atoms with van der Waals surface area (Å²) in [6.07, 6.45) is 4.14. The lowest BCUT2D eigenvalue weighted by atomic mass is 9.96. The Morgan fingerprint density at radius 2 is 1.74 bits per heavy atom. The summed E-state index contributed by atoms with van der Waals surface area (Å²) >= 11 is 0. The normalized spacial score (nSPS) is 13.2. The average molecular weight is 431 g/mol. The van der Waals surface area contributed by atoms with Crippen LogP contribution in [0.3, 0.4) is 0 Å². The van der Waals surface area contributed by atoms with Crippen LogP contribution in [0.1, 0.15) is 35.2 Å². The molecular weight excluding hydrogens is 411 g/mol. The lowest BCUT2D eigenvalue weighted by Crippen LogP contribution is -2.45. The molecule has 1 aromatic carbocycles. The van der Waals surface area contributed by atoms with Gasteiger partial charge in [-0.2, -0.15) is 0 Å². The molecule has 0 atom stereocenters. The van der Waals surface area contributed by atoms with Gasteiger partial charge in [-0.15, -0.1) is 0 Å². The van der Waals surface area contributed by atoms with Crippen molar-refractivity contribution < 1.29 is 17.9 Å². The fourth-order valence-electron chi connectivity index (χ4n) is 4.01. The van der Waals surface area contributed by atoms with E-state index in [2.05, 4.69) is 4.98 Å². The maximum Gasteiger partial charge on any atom is 0.331 e. The van der Waals surface area contributed by atoms with Crippen LogP contribution in [0.4, 0.5) is 13.2 Å². The molecule has 0 bridgehead atoms. The van der Waals surface area contributed by atoms with Crippen LogP contribution in [0.25, 0.3) is 0 Å². The first kappa shape index (κ1) is 20.9. The van der Waals surface area contributed by atoms with Crippen LogP contribution in [0.2, 0.25) is 0 Å². The molecule has 9 heteroatoms. The zero-order valence-corrected chi connectivity index (χ0v) is 16.8. The lowest BCUT2D eigenvalue weighted by molar-refractivity contribution is 0.390. The molecule has 4 rings (SSSR count). The van der Waals surface area contributed by atoms with Crippen molar-refractivity contribution in [2.24, 2.45) is 0 Å². The Morgan fingerprint density at radius 3 is 2.45 bits per heavy atom. The summed E-state index contributed by atoms with van der Waals surface area (Å²) in [5.74, 6) is -3.93. The quantitative estimate of drug-likeness (QED) is 0.583. The van der Waals surface area contributed by atoms with Crippen LogP contribution in [0.5, 0.6) is 5.88 Å². The summed E-state index contributed by atoms with van der Waals surface area (Å²) in [6, 6.07) is 5.09. The Bertz CT molecular complexity index is 1240. The van der Waals surface area contributed by atoms with E-state index in [4.69, 9.17) is 4.74 Å². The van der Waals surface area contributed by atoms with Crippen molar-refractivity contribution >= 4 is 0 Å². The van der Waals surface area contributed by atoms with Gasteiger partial charge >= 0.3 is 5.69 Å². The molecule has 31 heavy (non-hydrogen) atoms. The zero-order valence-electron chi connectivity index (χ0n) is 16.8. The van der Waals surface area contributed by atoms with Crippen LogP contribution < -0.4 is 16.0 Å². The van der Waals surface area contributed by atoms with Gasteiger partial charge in [0.2, 0.25) is 5.88 Å². The SMILES string of the molecule is COc1ncccc1Cn1c(=O)c2c(n(Cc3cc(F)c(F)c(F)c3)c1=O)CCCC2. The van der Waals surface area contributed by atoms with Crippen LogP contribution in [0, 0.1) is 17.5 Å². The first-order valence-electron chi connectivity index (χ1n) is 9.87. The molecule has 6 nitrogen and oxygen atoms in total. The van der Waals surface area contributed by atoms with Crippen molar-refractivity contribution in [3.8, 4) is 5.88 Å². The minimum absolute atomic E-state index is 0.0614. The van der Waals surface area contributed by atoms with Crippen molar-refractivity contribution in [3.05, 3.63) is 91.1 Å².